The zero-order valence-corrected chi connectivity index (χ0v) is 12.2. The molecule has 0 radical (unpaired) electrons. The van der Waals surface area contributed by atoms with Gasteiger partial charge in [-0.3, -0.25) is 0 Å². The van der Waals surface area contributed by atoms with Crippen LogP contribution in [0, 0.1) is 17.8 Å². The highest BCUT2D eigenvalue weighted by Gasteiger charge is 2.39. The first kappa shape index (κ1) is 12.7. The van der Waals surface area contributed by atoms with Crippen molar-refractivity contribution in [2.45, 2.75) is 51.0 Å². The summed E-state index contributed by atoms with van der Waals surface area (Å²) in [6.45, 7) is 0.923. The highest BCUT2D eigenvalue weighted by Crippen LogP contribution is 2.48. The molecule has 2 N–H and O–H groups in total. The molecule has 1 aromatic carbocycles. The Bertz CT molecular complexity index is 498. The molecular formula is C18H25NO. The summed E-state index contributed by atoms with van der Waals surface area (Å²) in [7, 11) is 0. The molecule has 20 heavy (non-hydrogen) atoms. The van der Waals surface area contributed by atoms with Crippen molar-refractivity contribution in [1.29, 1.82) is 0 Å². The lowest BCUT2D eigenvalue weighted by atomic mass is 9.88. The van der Waals surface area contributed by atoms with Gasteiger partial charge in [0.25, 0.3) is 0 Å². The van der Waals surface area contributed by atoms with E-state index in [0.29, 0.717) is 0 Å². The number of aryl methyl sites for hydroxylation is 1. The quantitative estimate of drug-likeness (QED) is 0.906. The van der Waals surface area contributed by atoms with Crippen LogP contribution in [0.1, 0.15) is 55.7 Å². The smallest absolute Gasteiger partial charge is 0.119 e. The first-order valence-corrected chi connectivity index (χ1v) is 8.31. The van der Waals surface area contributed by atoms with E-state index in [-0.39, 0.29) is 6.04 Å². The van der Waals surface area contributed by atoms with Crippen LogP contribution >= 0.6 is 0 Å². The van der Waals surface area contributed by atoms with E-state index >= 15 is 0 Å². The average molecular weight is 271 g/mol. The maximum atomic E-state index is 6.17. The number of hydrogen-bond acceptors (Lipinski definition) is 2. The lowest BCUT2D eigenvalue weighted by molar-refractivity contribution is 0.195. The third-order valence-electron chi connectivity index (χ3n) is 5.82. The van der Waals surface area contributed by atoms with Crippen molar-refractivity contribution in [2.75, 3.05) is 6.61 Å². The van der Waals surface area contributed by atoms with Gasteiger partial charge in [0.2, 0.25) is 0 Å². The average Bonchev–Trinajstić information content (AvgIpc) is 3.08. The SMILES string of the molecule is NC1CCCc2cc(OCC3CC4CCC3C4)ccc21. The number of hydrogen-bond donors (Lipinski definition) is 1. The van der Waals surface area contributed by atoms with Crippen molar-refractivity contribution < 1.29 is 4.74 Å². The maximum absolute atomic E-state index is 6.17. The Morgan fingerprint density at radius 1 is 1.15 bits per heavy atom. The minimum absolute atomic E-state index is 0.235. The van der Waals surface area contributed by atoms with Crippen molar-refractivity contribution in [3.63, 3.8) is 0 Å². The van der Waals surface area contributed by atoms with E-state index < -0.39 is 0 Å². The van der Waals surface area contributed by atoms with Gasteiger partial charge in [-0.25, -0.2) is 0 Å². The molecule has 0 heterocycles. The van der Waals surface area contributed by atoms with Crippen LogP contribution in [-0.2, 0) is 6.42 Å². The van der Waals surface area contributed by atoms with Gasteiger partial charge in [-0.05, 0) is 79.5 Å². The van der Waals surface area contributed by atoms with Crippen LogP contribution in [0.4, 0.5) is 0 Å². The van der Waals surface area contributed by atoms with E-state index in [0.717, 1.165) is 43.0 Å². The Kier molecular flexibility index (Phi) is 3.22. The molecule has 108 valence electrons. The monoisotopic (exact) mass is 271 g/mol. The molecule has 4 atom stereocenters. The van der Waals surface area contributed by atoms with Crippen LogP contribution < -0.4 is 10.5 Å². The Labute approximate surface area is 121 Å². The van der Waals surface area contributed by atoms with Crippen molar-refractivity contribution in [3.05, 3.63) is 29.3 Å². The van der Waals surface area contributed by atoms with E-state index in [1.165, 1.54) is 43.2 Å². The summed E-state index contributed by atoms with van der Waals surface area (Å²) in [5.41, 5.74) is 8.92. The lowest BCUT2D eigenvalue weighted by Crippen LogP contribution is -2.19. The second-order valence-electron chi connectivity index (χ2n) is 7.11. The second kappa shape index (κ2) is 5.07. The zero-order chi connectivity index (χ0) is 13.5. The largest absolute Gasteiger partial charge is 0.493 e. The Balaban J connectivity index is 1.42. The van der Waals surface area contributed by atoms with Gasteiger partial charge in [0.15, 0.2) is 0 Å². The standard InChI is InChI=1S/C18H25NO/c19-18-3-1-2-14-10-16(6-7-17(14)18)20-11-15-9-12-4-5-13(15)8-12/h6-7,10,12-13,15,18H,1-5,8-9,11,19H2. The van der Waals surface area contributed by atoms with Gasteiger partial charge in [-0.1, -0.05) is 12.5 Å². The van der Waals surface area contributed by atoms with Gasteiger partial charge < -0.3 is 10.5 Å². The Morgan fingerprint density at radius 2 is 2.10 bits per heavy atom. The van der Waals surface area contributed by atoms with Crippen LogP contribution in [-0.4, -0.2) is 6.61 Å². The fourth-order valence-electron chi connectivity index (χ4n) is 4.70. The molecule has 4 unspecified atom stereocenters. The third-order valence-corrected chi connectivity index (χ3v) is 5.82. The molecule has 2 bridgehead atoms. The van der Waals surface area contributed by atoms with E-state index in [9.17, 15) is 0 Å². The number of nitrogens with two attached hydrogens (primary N) is 1. The summed E-state index contributed by atoms with van der Waals surface area (Å²) in [5.74, 6) is 3.83. The van der Waals surface area contributed by atoms with Gasteiger partial charge >= 0.3 is 0 Å². The van der Waals surface area contributed by atoms with Crippen molar-refractivity contribution in [3.8, 4) is 5.75 Å². The van der Waals surface area contributed by atoms with Crippen molar-refractivity contribution in [2.24, 2.45) is 23.5 Å². The van der Waals surface area contributed by atoms with E-state index in [1.807, 2.05) is 0 Å². The van der Waals surface area contributed by atoms with E-state index in [1.54, 1.807) is 0 Å². The topological polar surface area (TPSA) is 35.2 Å². The highest BCUT2D eigenvalue weighted by atomic mass is 16.5. The Morgan fingerprint density at radius 3 is 2.90 bits per heavy atom. The fraction of sp³-hybridized carbons (Fsp3) is 0.667. The van der Waals surface area contributed by atoms with Gasteiger partial charge in [0, 0.05) is 6.04 Å². The van der Waals surface area contributed by atoms with Crippen LogP contribution in [0.25, 0.3) is 0 Å². The molecule has 0 aromatic heterocycles. The minimum Gasteiger partial charge on any atom is -0.493 e. The van der Waals surface area contributed by atoms with Gasteiger partial charge in [0.1, 0.15) is 5.75 Å². The number of ether oxygens (including phenoxy) is 1. The molecule has 3 aliphatic carbocycles. The molecule has 2 saturated carbocycles. The predicted molar refractivity (Wildman–Crippen MR) is 80.7 cm³/mol. The molecule has 0 spiro atoms. The third kappa shape index (κ3) is 2.24. The molecular weight excluding hydrogens is 246 g/mol. The minimum atomic E-state index is 0.235. The van der Waals surface area contributed by atoms with Crippen LogP contribution in [0.15, 0.2) is 18.2 Å². The second-order valence-corrected chi connectivity index (χ2v) is 7.11. The predicted octanol–water partition coefficient (Wildman–Crippen LogP) is 3.84. The maximum Gasteiger partial charge on any atom is 0.119 e. The fourth-order valence-corrected chi connectivity index (χ4v) is 4.70. The Hall–Kier alpha value is -1.02. The lowest BCUT2D eigenvalue weighted by Gasteiger charge is -2.24. The molecule has 0 amide bonds. The first-order valence-electron chi connectivity index (χ1n) is 8.31. The summed E-state index contributed by atoms with van der Waals surface area (Å²) < 4.78 is 6.10. The summed E-state index contributed by atoms with van der Waals surface area (Å²) in [6.07, 6.45) is 9.28. The first-order chi connectivity index (χ1) is 9.79. The molecule has 1 aromatic rings. The van der Waals surface area contributed by atoms with Crippen molar-refractivity contribution in [1.82, 2.24) is 0 Å². The van der Waals surface area contributed by atoms with E-state index in [4.69, 9.17) is 10.5 Å². The van der Waals surface area contributed by atoms with E-state index in [2.05, 4.69) is 18.2 Å². The summed E-state index contributed by atoms with van der Waals surface area (Å²) in [5, 5.41) is 0. The van der Waals surface area contributed by atoms with Gasteiger partial charge in [-0.15, -0.1) is 0 Å². The van der Waals surface area contributed by atoms with Crippen molar-refractivity contribution >= 4 is 0 Å². The summed E-state index contributed by atoms with van der Waals surface area (Å²) in [6, 6.07) is 6.78. The van der Waals surface area contributed by atoms with Crippen LogP contribution in [0.5, 0.6) is 5.75 Å². The molecule has 2 heteroatoms. The molecule has 4 rings (SSSR count). The van der Waals surface area contributed by atoms with Crippen LogP contribution in [0.2, 0.25) is 0 Å². The number of fused-ring (bicyclic) bond motifs is 3. The number of benzene rings is 1. The molecule has 2 nitrogen and oxygen atoms in total. The normalized spacial score (nSPS) is 35.0. The molecule has 0 aliphatic heterocycles. The summed E-state index contributed by atoms with van der Waals surface area (Å²) in [4.78, 5) is 0. The highest BCUT2D eigenvalue weighted by molar-refractivity contribution is 5.38. The van der Waals surface area contributed by atoms with Gasteiger partial charge in [-0.2, -0.15) is 0 Å². The zero-order valence-electron chi connectivity index (χ0n) is 12.2. The molecule has 2 fully saturated rings. The molecule has 0 saturated heterocycles. The molecule has 3 aliphatic rings. The van der Waals surface area contributed by atoms with Gasteiger partial charge in [0.05, 0.1) is 6.61 Å². The number of rotatable bonds is 3. The summed E-state index contributed by atoms with van der Waals surface area (Å²) >= 11 is 0. The van der Waals surface area contributed by atoms with Crippen LogP contribution in [0.3, 0.4) is 0 Å².